The van der Waals surface area contributed by atoms with E-state index in [0.717, 1.165) is 13.1 Å². The molecule has 0 aliphatic heterocycles. The van der Waals surface area contributed by atoms with Crippen molar-refractivity contribution in [2.24, 2.45) is 5.73 Å². The van der Waals surface area contributed by atoms with E-state index in [2.05, 4.69) is 49.9 Å². The van der Waals surface area contributed by atoms with Gasteiger partial charge in [0.05, 0.1) is 0 Å². The molecule has 1 unspecified atom stereocenters. The summed E-state index contributed by atoms with van der Waals surface area (Å²) in [5.74, 6) is 0.445. The van der Waals surface area contributed by atoms with E-state index >= 15 is 0 Å². The van der Waals surface area contributed by atoms with E-state index in [1.165, 1.54) is 11.3 Å². The monoisotopic (exact) mass is 206 g/mol. The molecule has 2 nitrogen and oxygen atoms in total. The molecule has 0 saturated heterocycles. The van der Waals surface area contributed by atoms with Crippen LogP contribution < -0.4 is 10.6 Å². The van der Waals surface area contributed by atoms with Gasteiger partial charge in [0.25, 0.3) is 0 Å². The van der Waals surface area contributed by atoms with E-state index < -0.39 is 0 Å². The zero-order valence-electron chi connectivity index (χ0n) is 10.0. The lowest BCUT2D eigenvalue weighted by Crippen LogP contribution is -2.22. The molecule has 0 radical (unpaired) electrons. The summed E-state index contributed by atoms with van der Waals surface area (Å²) < 4.78 is 0. The molecule has 2 heteroatoms. The molecule has 0 bridgehead atoms. The first kappa shape index (κ1) is 12.1. The van der Waals surface area contributed by atoms with E-state index in [9.17, 15) is 0 Å². The lowest BCUT2D eigenvalue weighted by atomic mass is 10.0. The van der Waals surface area contributed by atoms with E-state index in [-0.39, 0.29) is 0 Å². The first-order valence-corrected chi connectivity index (χ1v) is 5.77. The number of hydrogen-bond donors (Lipinski definition) is 1. The third-order valence-corrected chi connectivity index (χ3v) is 2.92. The van der Waals surface area contributed by atoms with Crippen LogP contribution in [0, 0.1) is 0 Å². The van der Waals surface area contributed by atoms with Crippen LogP contribution in [0.25, 0.3) is 0 Å². The number of benzene rings is 1. The first-order chi connectivity index (χ1) is 7.22. The third kappa shape index (κ3) is 2.96. The number of anilines is 1. The zero-order chi connectivity index (χ0) is 11.3. The maximum absolute atomic E-state index is 5.68. The molecule has 0 heterocycles. The van der Waals surface area contributed by atoms with Crippen molar-refractivity contribution in [3.05, 3.63) is 29.8 Å². The molecular weight excluding hydrogens is 184 g/mol. The van der Waals surface area contributed by atoms with Crippen LogP contribution in [0.4, 0.5) is 5.69 Å². The Hall–Kier alpha value is -1.02. The predicted molar refractivity (Wildman–Crippen MR) is 67.5 cm³/mol. The van der Waals surface area contributed by atoms with Crippen LogP contribution in [0.5, 0.6) is 0 Å². The van der Waals surface area contributed by atoms with Crippen LogP contribution in [0.2, 0.25) is 0 Å². The van der Waals surface area contributed by atoms with Crippen LogP contribution in [0.15, 0.2) is 24.3 Å². The minimum absolute atomic E-state index is 0.445. The lowest BCUT2D eigenvalue weighted by molar-refractivity contribution is 0.771. The summed E-state index contributed by atoms with van der Waals surface area (Å²) in [5.41, 5.74) is 8.32. The predicted octanol–water partition coefficient (Wildman–Crippen LogP) is 2.59. The van der Waals surface area contributed by atoms with Gasteiger partial charge in [0.1, 0.15) is 0 Å². The maximum atomic E-state index is 5.68. The Morgan fingerprint density at radius 2 is 1.93 bits per heavy atom. The van der Waals surface area contributed by atoms with E-state index in [1.807, 2.05) is 0 Å². The van der Waals surface area contributed by atoms with Gasteiger partial charge in [-0.3, -0.25) is 0 Å². The minimum atomic E-state index is 0.445. The van der Waals surface area contributed by atoms with Crippen LogP contribution in [0.1, 0.15) is 32.3 Å². The van der Waals surface area contributed by atoms with Gasteiger partial charge in [0.2, 0.25) is 0 Å². The van der Waals surface area contributed by atoms with Crippen molar-refractivity contribution >= 4 is 5.69 Å². The summed E-state index contributed by atoms with van der Waals surface area (Å²) in [6.07, 6.45) is 0. The molecule has 0 amide bonds. The molecule has 1 aromatic rings. The molecule has 0 aliphatic carbocycles. The molecular formula is C13H22N2. The second-order valence-corrected chi connectivity index (χ2v) is 3.90. The zero-order valence-corrected chi connectivity index (χ0v) is 10.0. The Morgan fingerprint density at radius 3 is 2.47 bits per heavy atom. The van der Waals surface area contributed by atoms with Gasteiger partial charge in [-0.25, -0.2) is 0 Å². The van der Waals surface area contributed by atoms with E-state index in [1.54, 1.807) is 0 Å². The van der Waals surface area contributed by atoms with Gasteiger partial charge in [-0.1, -0.05) is 19.1 Å². The fraction of sp³-hybridized carbons (Fsp3) is 0.538. The molecule has 0 saturated carbocycles. The number of nitrogens with zero attached hydrogens (tertiary/aromatic N) is 1. The van der Waals surface area contributed by atoms with Gasteiger partial charge in [-0.15, -0.1) is 0 Å². The Balaban J connectivity index is 2.91. The van der Waals surface area contributed by atoms with Crippen LogP contribution >= 0.6 is 0 Å². The third-order valence-electron chi connectivity index (χ3n) is 2.92. The highest BCUT2D eigenvalue weighted by molar-refractivity contribution is 5.49. The fourth-order valence-corrected chi connectivity index (χ4v) is 1.75. The van der Waals surface area contributed by atoms with Gasteiger partial charge in [0, 0.05) is 18.8 Å². The molecule has 1 rings (SSSR count). The van der Waals surface area contributed by atoms with Crippen molar-refractivity contribution in [2.75, 3.05) is 24.5 Å². The largest absolute Gasteiger partial charge is 0.372 e. The molecule has 0 fully saturated rings. The summed E-state index contributed by atoms with van der Waals surface area (Å²) in [5, 5.41) is 0. The number of nitrogens with two attached hydrogens (primary N) is 1. The molecule has 84 valence electrons. The molecule has 15 heavy (non-hydrogen) atoms. The smallest absolute Gasteiger partial charge is 0.0368 e. The van der Waals surface area contributed by atoms with Gasteiger partial charge in [-0.2, -0.15) is 0 Å². The summed E-state index contributed by atoms with van der Waals surface area (Å²) in [6, 6.07) is 8.70. The standard InChI is InChI=1S/C13H22N2/c1-4-15(5-2)13-8-6-7-12(9-13)11(3)10-14/h6-9,11H,4-5,10,14H2,1-3H3. The molecule has 0 spiro atoms. The summed E-state index contributed by atoms with van der Waals surface area (Å²) >= 11 is 0. The summed E-state index contributed by atoms with van der Waals surface area (Å²) in [6.45, 7) is 9.35. The van der Waals surface area contributed by atoms with Crippen molar-refractivity contribution in [3.8, 4) is 0 Å². The van der Waals surface area contributed by atoms with Crippen molar-refractivity contribution < 1.29 is 0 Å². The summed E-state index contributed by atoms with van der Waals surface area (Å²) in [7, 11) is 0. The van der Waals surface area contributed by atoms with Crippen LogP contribution in [-0.2, 0) is 0 Å². The average molecular weight is 206 g/mol. The van der Waals surface area contributed by atoms with Crippen molar-refractivity contribution in [3.63, 3.8) is 0 Å². The number of rotatable bonds is 5. The molecule has 1 atom stereocenters. The highest BCUT2D eigenvalue weighted by Gasteiger charge is 2.06. The Labute approximate surface area is 93.1 Å². The van der Waals surface area contributed by atoms with Gasteiger partial charge in [0.15, 0.2) is 0 Å². The quantitative estimate of drug-likeness (QED) is 0.802. The average Bonchev–Trinajstić information content (AvgIpc) is 2.30. The van der Waals surface area contributed by atoms with Crippen molar-refractivity contribution in [1.29, 1.82) is 0 Å². The highest BCUT2D eigenvalue weighted by Crippen LogP contribution is 2.21. The van der Waals surface area contributed by atoms with Gasteiger partial charge < -0.3 is 10.6 Å². The topological polar surface area (TPSA) is 29.3 Å². The lowest BCUT2D eigenvalue weighted by Gasteiger charge is -2.22. The van der Waals surface area contributed by atoms with Crippen molar-refractivity contribution in [1.82, 2.24) is 0 Å². The minimum Gasteiger partial charge on any atom is -0.372 e. The van der Waals surface area contributed by atoms with Gasteiger partial charge in [-0.05, 0) is 44.0 Å². The van der Waals surface area contributed by atoms with E-state index in [0.29, 0.717) is 12.5 Å². The Kier molecular flexibility index (Phi) is 4.63. The highest BCUT2D eigenvalue weighted by atomic mass is 15.1. The van der Waals surface area contributed by atoms with E-state index in [4.69, 9.17) is 5.73 Å². The molecule has 0 aromatic heterocycles. The Morgan fingerprint density at radius 1 is 1.27 bits per heavy atom. The SMILES string of the molecule is CCN(CC)c1cccc(C(C)CN)c1. The number of hydrogen-bond acceptors (Lipinski definition) is 2. The molecule has 1 aromatic carbocycles. The fourth-order valence-electron chi connectivity index (χ4n) is 1.75. The second kappa shape index (κ2) is 5.76. The summed E-state index contributed by atoms with van der Waals surface area (Å²) in [4.78, 5) is 2.35. The van der Waals surface area contributed by atoms with Crippen LogP contribution in [0.3, 0.4) is 0 Å². The maximum Gasteiger partial charge on any atom is 0.0368 e. The molecule has 2 N–H and O–H groups in total. The Bertz CT molecular complexity index is 292. The molecule has 0 aliphatic rings. The van der Waals surface area contributed by atoms with Crippen LogP contribution in [-0.4, -0.2) is 19.6 Å². The normalized spacial score (nSPS) is 12.5. The van der Waals surface area contributed by atoms with Gasteiger partial charge >= 0.3 is 0 Å². The second-order valence-electron chi connectivity index (χ2n) is 3.90. The first-order valence-electron chi connectivity index (χ1n) is 5.77. The van der Waals surface area contributed by atoms with Crippen molar-refractivity contribution in [2.45, 2.75) is 26.7 Å².